The molecule has 24 heavy (non-hydrogen) atoms. The maximum Gasteiger partial charge on any atom is 0.251 e. The van der Waals surface area contributed by atoms with E-state index >= 15 is 0 Å². The molecule has 3 rings (SSSR count). The molecule has 1 amide bonds. The highest BCUT2D eigenvalue weighted by Crippen LogP contribution is 2.27. The van der Waals surface area contributed by atoms with Crippen molar-refractivity contribution in [1.29, 1.82) is 0 Å². The summed E-state index contributed by atoms with van der Waals surface area (Å²) >= 11 is 0. The van der Waals surface area contributed by atoms with Gasteiger partial charge in [0.25, 0.3) is 5.91 Å². The number of benzene rings is 2. The van der Waals surface area contributed by atoms with E-state index in [9.17, 15) is 4.79 Å². The van der Waals surface area contributed by atoms with Crippen molar-refractivity contribution in [3.8, 4) is 5.75 Å². The summed E-state index contributed by atoms with van der Waals surface area (Å²) in [6, 6.07) is 15.2. The van der Waals surface area contributed by atoms with Crippen molar-refractivity contribution in [2.75, 3.05) is 13.2 Å². The zero-order valence-corrected chi connectivity index (χ0v) is 13.7. The Kier molecular flexibility index (Phi) is 5.46. The first-order valence-corrected chi connectivity index (χ1v) is 8.12. The van der Waals surface area contributed by atoms with E-state index in [4.69, 9.17) is 14.5 Å². The van der Waals surface area contributed by atoms with Crippen LogP contribution in [0.4, 0.5) is 0 Å². The molecular weight excluding hydrogens is 306 g/mol. The normalized spacial score (nSPS) is 16.1. The summed E-state index contributed by atoms with van der Waals surface area (Å²) in [5.74, 6) is 0.553. The van der Waals surface area contributed by atoms with E-state index in [1.807, 2.05) is 43.3 Å². The quantitative estimate of drug-likeness (QED) is 0.829. The van der Waals surface area contributed by atoms with Gasteiger partial charge < -0.3 is 14.9 Å². The van der Waals surface area contributed by atoms with Crippen LogP contribution in [0, 0.1) is 0 Å². The van der Waals surface area contributed by atoms with Gasteiger partial charge in [-0.05, 0) is 30.7 Å². The van der Waals surface area contributed by atoms with Gasteiger partial charge >= 0.3 is 0 Å². The summed E-state index contributed by atoms with van der Waals surface area (Å²) in [5.41, 5.74) is 2.64. The van der Waals surface area contributed by atoms with Crippen molar-refractivity contribution in [3.63, 3.8) is 0 Å². The Morgan fingerprint density at radius 1 is 1.25 bits per heavy atom. The zero-order chi connectivity index (χ0) is 16.8. The van der Waals surface area contributed by atoms with E-state index in [2.05, 4.69) is 5.32 Å². The van der Waals surface area contributed by atoms with E-state index in [-0.39, 0.29) is 12.0 Å². The number of hydrogen-bond acceptors (Lipinski definition) is 4. The van der Waals surface area contributed by atoms with Crippen molar-refractivity contribution in [1.82, 2.24) is 5.32 Å². The van der Waals surface area contributed by atoms with Gasteiger partial charge in [0, 0.05) is 30.7 Å². The second kappa shape index (κ2) is 7.95. The molecule has 0 aromatic heterocycles. The summed E-state index contributed by atoms with van der Waals surface area (Å²) in [4.78, 5) is 22.9. The minimum atomic E-state index is -0.153. The molecule has 1 atom stereocenters. The number of carbonyl (C=O) groups is 1. The fraction of sp³-hybridized carbons (Fsp3) is 0.316. The minimum absolute atomic E-state index is 0.102. The van der Waals surface area contributed by atoms with Crippen molar-refractivity contribution >= 4 is 5.91 Å². The van der Waals surface area contributed by atoms with Gasteiger partial charge in [-0.2, -0.15) is 4.89 Å². The van der Waals surface area contributed by atoms with Crippen molar-refractivity contribution < 1.29 is 19.3 Å². The predicted octanol–water partition coefficient (Wildman–Crippen LogP) is 2.89. The SMILES string of the molecule is CCOCC1Cc2cc(C(=O)NCc3ccccc3)ccc2OO1. The average molecular weight is 327 g/mol. The molecule has 5 nitrogen and oxygen atoms in total. The molecule has 1 aliphatic heterocycles. The molecule has 126 valence electrons. The van der Waals surface area contributed by atoms with Crippen LogP contribution in [-0.2, 0) is 22.6 Å². The Labute approximate surface area is 141 Å². The molecule has 0 radical (unpaired) electrons. The van der Waals surface area contributed by atoms with E-state index in [0.29, 0.717) is 37.5 Å². The first-order valence-electron chi connectivity index (χ1n) is 8.12. The molecule has 0 spiro atoms. The molecule has 0 saturated carbocycles. The number of amides is 1. The van der Waals surface area contributed by atoms with Crippen LogP contribution in [0.3, 0.4) is 0 Å². The van der Waals surface area contributed by atoms with Gasteiger partial charge in [0.15, 0.2) is 5.75 Å². The molecule has 0 saturated heterocycles. The van der Waals surface area contributed by atoms with E-state index in [1.54, 1.807) is 12.1 Å². The molecule has 0 aliphatic carbocycles. The summed E-state index contributed by atoms with van der Waals surface area (Å²) in [6.07, 6.45) is 0.509. The van der Waals surface area contributed by atoms with Gasteiger partial charge in [-0.25, -0.2) is 0 Å². The Morgan fingerprint density at radius 2 is 2.08 bits per heavy atom. The van der Waals surface area contributed by atoms with E-state index in [1.165, 1.54) is 0 Å². The lowest BCUT2D eigenvalue weighted by Gasteiger charge is -2.24. The van der Waals surface area contributed by atoms with Gasteiger partial charge in [-0.3, -0.25) is 4.79 Å². The van der Waals surface area contributed by atoms with Gasteiger partial charge in [0.05, 0.1) is 6.61 Å². The molecule has 0 bridgehead atoms. The summed E-state index contributed by atoms with van der Waals surface area (Å²) in [5, 5.41) is 2.93. The van der Waals surface area contributed by atoms with Crippen molar-refractivity contribution in [2.24, 2.45) is 0 Å². The first kappa shape index (κ1) is 16.5. The minimum Gasteiger partial charge on any atom is -0.379 e. The Balaban J connectivity index is 1.63. The Hall–Kier alpha value is -2.37. The van der Waals surface area contributed by atoms with E-state index < -0.39 is 0 Å². The fourth-order valence-corrected chi connectivity index (χ4v) is 2.58. The van der Waals surface area contributed by atoms with Crippen LogP contribution < -0.4 is 10.2 Å². The summed E-state index contributed by atoms with van der Waals surface area (Å²) in [7, 11) is 0. The van der Waals surface area contributed by atoms with Gasteiger partial charge in [0.2, 0.25) is 0 Å². The zero-order valence-electron chi connectivity index (χ0n) is 13.7. The lowest BCUT2D eigenvalue weighted by Crippen LogP contribution is -2.29. The number of ether oxygens (including phenoxy) is 1. The Bertz CT molecular complexity index is 687. The smallest absolute Gasteiger partial charge is 0.251 e. The highest BCUT2D eigenvalue weighted by Gasteiger charge is 2.22. The monoisotopic (exact) mass is 327 g/mol. The van der Waals surface area contributed by atoms with Crippen LogP contribution in [-0.4, -0.2) is 25.2 Å². The summed E-state index contributed by atoms with van der Waals surface area (Å²) in [6.45, 7) is 3.55. The molecule has 0 fully saturated rings. The third-order valence-corrected chi connectivity index (χ3v) is 3.85. The van der Waals surface area contributed by atoms with Crippen molar-refractivity contribution in [3.05, 3.63) is 65.2 Å². The number of hydrogen-bond donors (Lipinski definition) is 1. The highest BCUT2D eigenvalue weighted by molar-refractivity contribution is 5.94. The molecule has 1 N–H and O–H groups in total. The van der Waals surface area contributed by atoms with Gasteiger partial charge in [0.1, 0.15) is 6.10 Å². The molecule has 1 unspecified atom stereocenters. The molecule has 2 aromatic carbocycles. The molecular formula is C19H21NO4. The Morgan fingerprint density at radius 3 is 2.88 bits per heavy atom. The van der Waals surface area contributed by atoms with Crippen LogP contribution in [0.1, 0.15) is 28.4 Å². The van der Waals surface area contributed by atoms with Gasteiger partial charge in [-0.1, -0.05) is 30.3 Å². The van der Waals surface area contributed by atoms with Gasteiger partial charge in [-0.15, -0.1) is 0 Å². The lowest BCUT2D eigenvalue weighted by atomic mass is 10.0. The standard InChI is InChI=1S/C19H21NO4/c1-2-22-13-17-11-16-10-15(8-9-18(16)24-23-17)19(21)20-12-14-6-4-3-5-7-14/h3-10,17H,2,11-13H2,1H3,(H,20,21). The topological polar surface area (TPSA) is 56.8 Å². The highest BCUT2D eigenvalue weighted by atomic mass is 17.2. The first-order chi connectivity index (χ1) is 11.8. The maximum absolute atomic E-state index is 12.3. The van der Waals surface area contributed by atoms with Crippen LogP contribution in [0.25, 0.3) is 0 Å². The van der Waals surface area contributed by atoms with Crippen molar-refractivity contribution in [2.45, 2.75) is 26.0 Å². The van der Waals surface area contributed by atoms with Crippen LogP contribution >= 0.6 is 0 Å². The number of nitrogens with one attached hydrogen (secondary N) is 1. The second-order valence-electron chi connectivity index (χ2n) is 5.66. The lowest BCUT2D eigenvalue weighted by molar-refractivity contribution is -0.264. The molecule has 5 heteroatoms. The second-order valence-corrected chi connectivity index (χ2v) is 5.66. The number of fused-ring (bicyclic) bond motifs is 1. The molecule has 2 aromatic rings. The van der Waals surface area contributed by atoms with E-state index in [0.717, 1.165) is 11.1 Å². The largest absolute Gasteiger partial charge is 0.379 e. The number of rotatable bonds is 6. The maximum atomic E-state index is 12.3. The molecule has 1 aliphatic rings. The van der Waals surface area contributed by atoms with Crippen LogP contribution in [0.2, 0.25) is 0 Å². The number of carbonyl (C=O) groups excluding carboxylic acids is 1. The third kappa shape index (κ3) is 4.13. The molecule has 1 heterocycles. The fourth-order valence-electron chi connectivity index (χ4n) is 2.58. The summed E-state index contributed by atoms with van der Waals surface area (Å²) < 4.78 is 5.37. The average Bonchev–Trinajstić information content (AvgIpc) is 2.64. The predicted molar refractivity (Wildman–Crippen MR) is 89.8 cm³/mol. The van der Waals surface area contributed by atoms with Crippen LogP contribution in [0.15, 0.2) is 48.5 Å². The van der Waals surface area contributed by atoms with Crippen LogP contribution in [0.5, 0.6) is 5.75 Å². The third-order valence-electron chi connectivity index (χ3n) is 3.85.